The van der Waals surface area contributed by atoms with Crippen molar-refractivity contribution in [3.63, 3.8) is 0 Å². The minimum Gasteiger partial charge on any atom is -0.451 e. The molecule has 4 rings (SSSR count). The van der Waals surface area contributed by atoms with Crippen molar-refractivity contribution in [2.45, 2.75) is 17.6 Å². The minimum absolute atomic E-state index is 0.201. The Morgan fingerprint density at radius 3 is 2.41 bits per heavy atom. The number of benzene rings is 2. The van der Waals surface area contributed by atoms with Crippen molar-refractivity contribution in [1.29, 1.82) is 0 Å². The minimum atomic E-state index is -0.622. The Bertz CT molecular complexity index is 1210. The molecular weight excluding hydrogens is 422 g/mol. The first kappa shape index (κ1) is 21.6. The molecule has 2 heterocycles. The number of thioether (sulfide) groups is 1. The van der Waals surface area contributed by atoms with Gasteiger partial charge in [0.15, 0.2) is 17.5 Å². The SMILES string of the molecule is CSc1nc(C(=O)OCC(=O)N[C@H](Cc2ccccc2)c2ccccc2)c2ccccn12. The number of ether oxygens (including phenoxy) is 1. The molecule has 0 aliphatic heterocycles. The zero-order valence-electron chi connectivity index (χ0n) is 17.6. The average Bonchev–Trinajstić information content (AvgIpc) is 3.22. The molecule has 0 spiro atoms. The van der Waals surface area contributed by atoms with E-state index < -0.39 is 5.97 Å². The van der Waals surface area contributed by atoms with Gasteiger partial charge in [-0.2, -0.15) is 0 Å². The smallest absolute Gasteiger partial charge is 0.359 e. The van der Waals surface area contributed by atoms with Crippen molar-refractivity contribution in [3.8, 4) is 0 Å². The summed E-state index contributed by atoms with van der Waals surface area (Å²) in [6.07, 6.45) is 4.36. The van der Waals surface area contributed by atoms with Crippen LogP contribution < -0.4 is 5.32 Å². The Hall–Kier alpha value is -3.58. The lowest BCUT2D eigenvalue weighted by atomic mass is 9.99. The molecule has 162 valence electrons. The van der Waals surface area contributed by atoms with E-state index in [1.807, 2.05) is 89.6 Å². The van der Waals surface area contributed by atoms with E-state index in [0.717, 1.165) is 11.1 Å². The van der Waals surface area contributed by atoms with Gasteiger partial charge in [-0.05, 0) is 35.9 Å². The summed E-state index contributed by atoms with van der Waals surface area (Å²) in [5, 5.41) is 3.68. The number of fused-ring (bicyclic) bond motifs is 1. The third-order valence-corrected chi connectivity index (χ3v) is 5.70. The van der Waals surface area contributed by atoms with Crippen LogP contribution in [0.1, 0.15) is 27.7 Å². The molecule has 1 amide bonds. The summed E-state index contributed by atoms with van der Waals surface area (Å²) >= 11 is 1.43. The Morgan fingerprint density at radius 1 is 1.00 bits per heavy atom. The lowest BCUT2D eigenvalue weighted by Gasteiger charge is -2.19. The van der Waals surface area contributed by atoms with Gasteiger partial charge in [-0.25, -0.2) is 9.78 Å². The Kier molecular flexibility index (Phi) is 6.87. The fourth-order valence-electron chi connectivity index (χ4n) is 3.53. The molecule has 1 N–H and O–H groups in total. The van der Waals surface area contributed by atoms with Gasteiger partial charge in [-0.3, -0.25) is 9.20 Å². The number of nitrogens with zero attached hydrogens (tertiary/aromatic N) is 2. The molecule has 4 aromatic rings. The number of imidazole rings is 1. The van der Waals surface area contributed by atoms with E-state index in [0.29, 0.717) is 17.1 Å². The van der Waals surface area contributed by atoms with Gasteiger partial charge < -0.3 is 10.1 Å². The Morgan fingerprint density at radius 2 is 1.69 bits per heavy atom. The zero-order valence-corrected chi connectivity index (χ0v) is 18.4. The van der Waals surface area contributed by atoms with E-state index in [1.165, 1.54) is 11.8 Å². The third kappa shape index (κ3) is 5.00. The first-order valence-electron chi connectivity index (χ1n) is 10.2. The maximum Gasteiger partial charge on any atom is 0.359 e. The second-order valence-corrected chi connectivity index (χ2v) is 7.97. The molecule has 0 fully saturated rings. The second kappa shape index (κ2) is 10.2. The Balaban J connectivity index is 1.44. The van der Waals surface area contributed by atoms with E-state index in [9.17, 15) is 9.59 Å². The van der Waals surface area contributed by atoms with Gasteiger partial charge in [0.25, 0.3) is 5.91 Å². The predicted molar refractivity (Wildman–Crippen MR) is 125 cm³/mol. The highest BCUT2D eigenvalue weighted by molar-refractivity contribution is 7.98. The zero-order chi connectivity index (χ0) is 22.3. The molecule has 0 radical (unpaired) electrons. The van der Waals surface area contributed by atoms with E-state index in [4.69, 9.17) is 4.74 Å². The number of nitrogens with one attached hydrogen (secondary N) is 1. The highest BCUT2D eigenvalue weighted by atomic mass is 32.2. The van der Waals surface area contributed by atoms with Gasteiger partial charge in [0.1, 0.15) is 0 Å². The fraction of sp³-hybridized carbons (Fsp3) is 0.160. The van der Waals surface area contributed by atoms with Crippen molar-refractivity contribution in [1.82, 2.24) is 14.7 Å². The molecule has 0 saturated carbocycles. The number of amides is 1. The maximum absolute atomic E-state index is 12.7. The molecule has 1 atom stereocenters. The molecule has 32 heavy (non-hydrogen) atoms. The molecule has 2 aromatic heterocycles. The molecule has 0 aliphatic carbocycles. The highest BCUT2D eigenvalue weighted by Crippen LogP contribution is 2.21. The molecular formula is C25H23N3O3S. The molecule has 6 nitrogen and oxygen atoms in total. The topological polar surface area (TPSA) is 72.7 Å². The standard InChI is InChI=1S/C25H23N3O3S/c1-32-25-27-23(21-14-8-9-15-28(21)25)24(30)31-17-22(29)26-20(19-12-6-3-7-13-19)16-18-10-4-2-5-11-18/h2-15,20H,16-17H2,1H3,(H,26,29)/t20-/m1/s1. The van der Waals surface area contributed by atoms with E-state index >= 15 is 0 Å². The summed E-state index contributed by atoms with van der Waals surface area (Å²) in [4.78, 5) is 29.7. The molecule has 0 bridgehead atoms. The summed E-state index contributed by atoms with van der Waals surface area (Å²) in [5.41, 5.74) is 2.94. The van der Waals surface area contributed by atoms with Gasteiger partial charge in [0.05, 0.1) is 11.6 Å². The van der Waals surface area contributed by atoms with Crippen molar-refractivity contribution in [3.05, 3.63) is 102 Å². The fourth-order valence-corrected chi connectivity index (χ4v) is 4.07. The van der Waals surface area contributed by atoms with Crippen LogP contribution in [0, 0.1) is 0 Å². The second-order valence-electron chi connectivity index (χ2n) is 7.20. The van der Waals surface area contributed by atoms with Crippen LogP contribution in [0.3, 0.4) is 0 Å². The highest BCUT2D eigenvalue weighted by Gasteiger charge is 2.21. The summed E-state index contributed by atoms with van der Waals surface area (Å²) < 4.78 is 7.13. The molecule has 2 aromatic carbocycles. The molecule has 0 unspecified atom stereocenters. The number of rotatable bonds is 8. The first-order chi connectivity index (χ1) is 15.7. The van der Waals surface area contributed by atoms with Gasteiger partial charge in [-0.15, -0.1) is 0 Å². The predicted octanol–water partition coefficient (Wildman–Crippen LogP) is 4.31. The van der Waals surface area contributed by atoms with E-state index in [2.05, 4.69) is 10.3 Å². The first-order valence-corrected chi connectivity index (χ1v) is 11.4. The quantitative estimate of drug-likeness (QED) is 0.323. The van der Waals surface area contributed by atoms with Gasteiger partial charge in [0, 0.05) is 6.20 Å². The summed E-state index contributed by atoms with van der Waals surface area (Å²) in [6, 6.07) is 25.0. The van der Waals surface area contributed by atoms with Crippen LogP contribution in [-0.4, -0.2) is 34.1 Å². The van der Waals surface area contributed by atoms with Crippen molar-refractivity contribution in [2.75, 3.05) is 12.9 Å². The van der Waals surface area contributed by atoms with Crippen LogP contribution in [-0.2, 0) is 16.0 Å². The lowest BCUT2D eigenvalue weighted by Crippen LogP contribution is -2.33. The van der Waals surface area contributed by atoms with Gasteiger partial charge >= 0.3 is 5.97 Å². The van der Waals surface area contributed by atoms with Gasteiger partial charge in [0.2, 0.25) is 0 Å². The lowest BCUT2D eigenvalue weighted by molar-refractivity contribution is -0.125. The van der Waals surface area contributed by atoms with E-state index in [-0.39, 0.29) is 24.2 Å². The number of carbonyl (C=O) groups is 2. The number of esters is 1. The summed E-state index contributed by atoms with van der Waals surface area (Å²) in [6.45, 7) is -0.378. The average molecular weight is 446 g/mol. The van der Waals surface area contributed by atoms with Crippen molar-refractivity contribution >= 4 is 29.2 Å². The largest absolute Gasteiger partial charge is 0.451 e. The monoisotopic (exact) mass is 445 g/mol. The number of hydrogen-bond acceptors (Lipinski definition) is 5. The molecule has 7 heteroatoms. The van der Waals surface area contributed by atoms with Crippen LogP contribution in [0.25, 0.3) is 5.52 Å². The van der Waals surface area contributed by atoms with Crippen LogP contribution in [0.4, 0.5) is 0 Å². The summed E-state index contributed by atoms with van der Waals surface area (Å²) in [5.74, 6) is -0.986. The number of carbonyl (C=O) groups excluding carboxylic acids is 2. The van der Waals surface area contributed by atoms with E-state index in [1.54, 1.807) is 6.07 Å². The molecule has 0 aliphatic rings. The third-order valence-electron chi connectivity index (χ3n) is 5.05. The van der Waals surface area contributed by atoms with Crippen molar-refractivity contribution in [2.24, 2.45) is 0 Å². The van der Waals surface area contributed by atoms with Crippen LogP contribution in [0.2, 0.25) is 0 Å². The van der Waals surface area contributed by atoms with Crippen LogP contribution >= 0.6 is 11.8 Å². The van der Waals surface area contributed by atoms with Gasteiger partial charge in [-0.1, -0.05) is 78.5 Å². The normalized spacial score (nSPS) is 11.8. The Labute approximate surface area is 190 Å². The van der Waals surface area contributed by atoms with Crippen LogP contribution in [0.5, 0.6) is 0 Å². The number of aromatic nitrogens is 2. The number of hydrogen-bond donors (Lipinski definition) is 1. The number of pyridine rings is 1. The summed E-state index contributed by atoms with van der Waals surface area (Å²) in [7, 11) is 0. The molecule has 0 saturated heterocycles. The van der Waals surface area contributed by atoms with Crippen molar-refractivity contribution < 1.29 is 14.3 Å². The van der Waals surface area contributed by atoms with Crippen LogP contribution in [0.15, 0.2) is 90.2 Å². The maximum atomic E-state index is 12.7.